The van der Waals surface area contributed by atoms with Crippen molar-refractivity contribution in [3.63, 3.8) is 0 Å². The lowest BCUT2D eigenvalue weighted by Gasteiger charge is -2.19. The summed E-state index contributed by atoms with van der Waals surface area (Å²) in [5.74, 6) is -0.0610. The van der Waals surface area contributed by atoms with E-state index in [9.17, 15) is 13.2 Å². The van der Waals surface area contributed by atoms with Crippen molar-refractivity contribution >= 4 is 39.1 Å². The van der Waals surface area contributed by atoms with E-state index in [4.69, 9.17) is 27.9 Å². The lowest BCUT2D eigenvalue weighted by atomic mass is 10.1. The van der Waals surface area contributed by atoms with Crippen molar-refractivity contribution in [1.82, 2.24) is 10.0 Å². The monoisotopic (exact) mass is 506 g/mol. The van der Waals surface area contributed by atoms with Crippen LogP contribution in [0, 0.1) is 0 Å². The Balaban J connectivity index is 1.80. The van der Waals surface area contributed by atoms with E-state index in [1.807, 2.05) is 30.3 Å². The van der Waals surface area contributed by atoms with Crippen molar-refractivity contribution in [2.45, 2.75) is 30.8 Å². The second-order valence-corrected chi connectivity index (χ2v) is 9.79. The van der Waals surface area contributed by atoms with E-state index in [-0.39, 0.29) is 22.9 Å². The molecule has 3 rings (SSSR count). The van der Waals surface area contributed by atoms with E-state index < -0.39 is 22.0 Å². The first-order chi connectivity index (χ1) is 15.8. The summed E-state index contributed by atoms with van der Waals surface area (Å²) >= 11 is 12.1. The maximum atomic E-state index is 13.1. The fourth-order valence-corrected chi connectivity index (χ4v) is 4.78. The zero-order valence-corrected chi connectivity index (χ0v) is 20.3. The highest BCUT2D eigenvalue weighted by Gasteiger charge is 2.26. The molecule has 6 nitrogen and oxygen atoms in total. The van der Waals surface area contributed by atoms with Gasteiger partial charge in [-0.1, -0.05) is 65.7 Å². The number of amides is 1. The molecule has 0 aromatic heterocycles. The zero-order chi connectivity index (χ0) is 23.8. The molecule has 0 fully saturated rings. The summed E-state index contributed by atoms with van der Waals surface area (Å²) in [6.45, 7) is 2.44. The fraction of sp³-hybridized carbons (Fsp3) is 0.208. The minimum absolute atomic E-state index is 0.0560. The average Bonchev–Trinajstić information content (AvgIpc) is 2.80. The number of ether oxygens (including phenoxy) is 1. The Morgan fingerprint density at radius 1 is 0.970 bits per heavy atom. The molecule has 1 atom stereocenters. The summed E-state index contributed by atoms with van der Waals surface area (Å²) < 4.78 is 34.0. The molecule has 0 aliphatic carbocycles. The van der Waals surface area contributed by atoms with E-state index in [1.165, 1.54) is 18.2 Å². The Bertz CT molecular complexity index is 1190. The van der Waals surface area contributed by atoms with Gasteiger partial charge in [-0.3, -0.25) is 4.79 Å². The highest BCUT2D eigenvalue weighted by molar-refractivity contribution is 7.89. The van der Waals surface area contributed by atoms with Gasteiger partial charge in [-0.15, -0.1) is 0 Å². The lowest BCUT2D eigenvalue weighted by Crippen LogP contribution is -2.47. The van der Waals surface area contributed by atoms with Gasteiger partial charge in [-0.25, -0.2) is 8.42 Å². The summed E-state index contributed by atoms with van der Waals surface area (Å²) in [5.41, 5.74) is 1.66. The van der Waals surface area contributed by atoms with Gasteiger partial charge in [0.2, 0.25) is 15.9 Å². The fourth-order valence-electron chi connectivity index (χ4n) is 3.13. The molecule has 0 saturated heterocycles. The number of rotatable bonds is 10. The first-order valence-electron chi connectivity index (χ1n) is 10.3. The van der Waals surface area contributed by atoms with E-state index in [1.54, 1.807) is 31.2 Å². The number of nitrogens with one attached hydrogen (secondary N) is 2. The molecular formula is C24H24Cl2N2O4S. The van der Waals surface area contributed by atoms with Crippen LogP contribution >= 0.6 is 23.2 Å². The predicted octanol–water partition coefficient (Wildman–Crippen LogP) is 4.60. The van der Waals surface area contributed by atoms with Crippen molar-refractivity contribution in [3.05, 3.63) is 94.0 Å². The van der Waals surface area contributed by atoms with Crippen LogP contribution in [0.4, 0.5) is 0 Å². The van der Waals surface area contributed by atoms with E-state index in [2.05, 4.69) is 10.0 Å². The molecule has 174 valence electrons. The highest BCUT2D eigenvalue weighted by Crippen LogP contribution is 2.27. The van der Waals surface area contributed by atoms with Gasteiger partial charge in [0.25, 0.3) is 0 Å². The largest absolute Gasteiger partial charge is 0.492 e. The molecule has 0 heterocycles. The number of sulfonamides is 1. The SMILES string of the molecule is CCOc1ccc(S(=O)(=O)N[C@H](Cc2ccccc2)C(=O)NCc2ccc(Cl)cc2)cc1Cl. The topological polar surface area (TPSA) is 84.5 Å². The van der Waals surface area contributed by atoms with Gasteiger partial charge >= 0.3 is 0 Å². The summed E-state index contributed by atoms with van der Waals surface area (Å²) in [7, 11) is -4.04. The van der Waals surface area contributed by atoms with Crippen LogP contribution in [0.5, 0.6) is 5.75 Å². The molecule has 0 aliphatic heterocycles. The molecule has 0 radical (unpaired) electrons. The summed E-state index contributed by atoms with van der Waals surface area (Å²) in [4.78, 5) is 12.9. The normalized spacial score (nSPS) is 12.2. The maximum absolute atomic E-state index is 13.1. The summed E-state index contributed by atoms with van der Waals surface area (Å²) in [5, 5.41) is 3.56. The van der Waals surface area contributed by atoms with Crippen molar-refractivity contribution < 1.29 is 17.9 Å². The Morgan fingerprint density at radius 2 is 1.67 bits per heavy atom. The molecular weight excluding hydrogens is 483 g/mol. The number of benzene rings is 3. The number of hydrogen-bond donors (Lipinski definition) is 2. The minimum atomic E-state index is -4.04. The molecule has 1 amide bonds. The van der Waals surface area contributed by atoms with Crippen LogP contribution in [0.2, 0.25) is 10.0 Å². The molecule has 9 heteroatoms. The standard InChI is InChI=1S/C24H24Cl2N2O4S/c1-2-32-23-13-12-20(15-21(23)26)33(30,31)28-22(14-17-6-4-3-5-7-17)24(29)27-16-18-8-10-19(25)11-9-18/h3-13,15,22,28H,2,14,16H2,1H3,(H,27,29)/t22-/m1/s1. The Morgan fingerprint density at radius 3 is 2.30 bits per heavy atom. The van der Waals surface area contributed by atoms with Crippen LogP contribution in [-0.2, 0) is 27.8 Å². The van der Waals surface area contributed by atoms with Crippen LogP contribution in [-0.4, -0.2) is 27.0 Å². The average molecular weight is 507 g/mol. The first kappa shape index (κ1) is 25.1. The van der Waals surface area contributed by atoms with Crippen molar-refractivity contribution in [2.24, 2.45) is 0 Å². The number of carbonyl (C=O) groups excluding carboxylic acids is 1. The van der Waals surface area contributed by atoms with Gasteiger partial charge in [0.05, 0.1) is 16.5 Å². The third-order valence-electron chi connectivity index (χ3n) is 4.79. The van der Waals surface area contributed by atoms with Crippen LogP contribution in [0.25, 0.3) is 0 Å². The third-order valence-corrected chi connectivity index (χ3v) is 6.81. The number of hydrogen-bond acceptors (Lipinski definition) is 4. The van der Waals surface area contributed by atoms with Crippen molar-refractivity contribution in [1.29, 1.82) is 0 Å². The second kappa shape index (κ2) is 11.5. The quantitative estimate of drug-likeness (QED) is 0.420. The van der Waals surface area contributed by atoms with Crippen LogP contribution < -0.4 is 14.8 Å². The van der Waals surface area contributed by atoms with Gasteiger partial charge in [0, 0.05) is 11.6 Å². The molecule has 2 N–H and O–H groups in total. The maximum Gasteiger partial charge on any atom is 0.241 e. The molecule has 0 unspecified atom stereocenters. The van der Waals surface area contributed by atoms with E-state index >= 15 is 0 Å². The Hall–Kier alpha value is -2.58. The third kappa shape index (κ3) is 7.20. The molecule has 3 aromatic rings. The molecule has 0 aliphatic rings. The Labute approximate surface area is 203 Å². The Kier molecular flexibility index (Phi) is 8.74. The van der Waals surface area contributed by atoms with Crippen LogP contribution in [0.1, 0.15) is 18.1 Å². The van der Waals surface area contributed by atoms with Crippen LogP contribution in [0.3, 0.4) is 0 Å². The molecule has 0 saturated carbocycles. The molecule has 33 heavy (non-hydrogen) atoms. The molecule has 0 spiro atoms. The van der Waals surface area contributed by atoms with Crippen molar-refractivity contribution in [3.8, 4) is 5.75 Å². The smallest absolute Gasteiger partial charge is 0.241 e. The lowest BCUT2D eigenvalue weighted by molar-refractivity contribution is -0.122. The highest BCUT2D eigenvalue weighted by atomic mass is 35.5. The first-order valence-corrected chi connectivity index (χ1v) is 12.5. The summed E-state index contributed by atoms with van der Waals surface area (Å²) in [6.07, 6.45) is 0.178. The number of halogens is 2. The number of carbonyl (C=O) groups is 1. The predicted molar refractivity (Wildman–Crippen MR) is 130 cm³/mol. The van der Waals surface area contributed by atoms with Gasteiger partial charge in [-0.2, -0.15) is 4.72 Å². The minimum Gasteiger partial charge on any atom is -0.492 e. The van der Waals surface area contributed by atoms with Crippen LogP contribution in [0.15, 0.2) is 77.7 Å². The molecule has 3 aromatic carbocycles. The van der Waals surface area contributed by atoms with E-state index in [0.717, 1.165) is 11.1 Å². The van der Waals surface area contributed by atoms with Gasteiger partial charge in [-0.05, 0) is 54.8 Å². The van der Waals surface area contributed by atoms with Gasteiger partial charge in [0.1, 0.15) is 11.8 Å². The zero-order valence-electron chi connectivity index (χ0n) is 17.9. The van der Waals surface area contributed by atoms with E-state index in [0.29, 0.717) is 17.4 Å². The van der Waals surface area contributed by atoms with Gasteiger partial charge in [0.15, 0.2) is 0 Å². The van der Waals surface area contributed by atoms with Crippen molar-refractivity contribution in [2.75, 3.05) is 6.61 Å². The second-order valence-electron chi connectivity index (χ2n) is 7.23. The summed E-state index contributed by atoms with van der Waals surface area (Å²) in [6, 6.07) is 19.4. The molecule has 0 bridgehead atoms. The van der Waals surface area contributed by atoms with Gasteiger partial charge < -0.3 is 10.1 Å².